The Morgan fingerprint density at radius 2 is 2.00 bits per heavy atom. The van der Waals surface area contributed by atoms with E-state index in [2.05, 4.69) is 21.8 Å². The molecule has 1 aromatic rings. The summed E-state index contributed by atoms with van der Waals surface area (Å²) in [5.74, 6) is -0.123. The average molecular weight is 357 g/mol. The van der Waals surface area contributed by atoms with Crippen molar-refractivity contribution < 1.29 is 22.5 Å². The van der Waals surface area contributed by atoms with Gasteiger partial charge in [0.15, 0.2) is 16.3 Å². The Balaban J connectivity index is 2.08. The molecule has 134 valence electrons. The van der Waals surface area contributed by atoms with E-state index in [9.17, 15) is 13.2 Å². The zero-order chi connectivity index (χ0) is 18.0. The highest BCUT2D eigenvalue weighted by Gasteiger charge is 2.43. The number of nitrogens with one attached hydrogen (secondary N) is 2. The van der Waals surface area contributed by atoms with Crippen LogP contribution in [0.25, 0.3) is 5.57 Å². The molecule has 0 bridgehead atoms. The number of hydrogen-bond acceptors (Lipinski definition) is 6. The first kappa shape index (κ1) is 18.6. The number of amides is 1. The van der Waals surface area contributed by atoms with Crippen molar-refractivity contribution in [2.24, 2.45) is 0 Å². The Bertz CT molecular complexity index is 717. The second-order valence-electron chi connectivity index (χ2n) is 6.33. The summed E-state index contributed by atoms with van der Waals surface area (Å²) < 4.78 is 36.3. The predicted molar refractivity (Wildman–Crippen MR) is 89.8 cm³/mol. The molecule has 0 radical (unpaired) electrons. The van der Waals surface area contributed by atoms with Gasteiger partial charge in [-0.2, -0.15) is 0 Å². The molecule has 2 N–H and O–H groups in total. The van der Waals surface area contributed by atoms with Crippen LogP contribution in [0, 0.1) is 0 Å². The molecule has 0 unspecified atom stereocenters. The van der Waals surface area contributed by atoms with E-state index in [-0.39, 0.29) is 11.9 Å². The summed E-state index contributed by atoms with van der Waals surface area (Å²) in [6.07, 6.45) is 1.17. The summed E-state index contributed by atoms with van der Waals surface area (Å²) in [6, 6.07) is 1.27. The monoisotopic (exact) mass is 357 g/mol. The molecule has 0 aromatic carbocycles. The van der Waals surface area contributed by atoms with E-state index < -0.39 is 20.7 Å². The first-order valence-electron chi connectivity index (χ1n) is 7.67. The Hall–Kier alpha value is -1.71. The van der Waals surface area contributed by atoms with Gasteiger partial charge < -0.3 is 14.6 Å². The molecule has 0 aliphatic carbocycles. The molecule has 1 fully saturated rings. The standard InChI is InChI=1S/C15H23N3O5S/c1-10(2)12-9-13(17-23-12)16-14(19)15(3,4)24(20,21)18-11-5-7-22-8-6-11/h9,11,18H,1,5-8H2,2-4H3,(H,16,17,19). The van der Waals surface area contributed by atoms with Gasteiger partial charge in [-0.1, -0.05) is 11.7 Å². The van der Waals surface area contributed by atoms with Crippen molar-refractivity contribution in [2.75, 3.05) is 18.5 Å². The van der Waals surface area contributed by atoms with Crippen LogP contribution in [0.2, 0.25) is 0 Å². The van der Waals surface area contributed by atoms with Crippen LogP contribution in [0.3, 0.4) is 0 Å². The molecule has 2 heterocycles. The number of nitrogens with zero attached hydrogens (tertiary/aromatic N) is 1. The minimum absolute atomic E-state index is 0.146. The van der Waals surface area contributed by atoms with Crippen molar-refractivity contribution >= 4 is 27.3 Å². The SMILES string of the molecule is C=C(C)c1cc(NC(=O)C(C)(C)S(=O)(=O)NC2CCOCC2)no1. The van der Waals surface area contributed by atoms with Crippen molar-refractivity contribution in [1.29, 1.82) is 0 Å². The first-order valence-corrected chi connectivity index (χ1v) is 9.15. The van der Waals surface area contributed by atoms with Crippen molar-refractivity contribution in [2.45, 2.75) is 44.4 Å². The van der Waals surface area contributed by atoms with E-state index in [4.69, 9.17) is 9.26 Å². The van der Waals surface area contributed by atoms with E-state index in [0.717, 1.165) is 0 Å². The number of rotatable bonds is 6. The maximum atomic E-state index is 12.6. The first-order chi connectivity index (χ1) is 11.1. The van der Waals surface area contributed by atoms with Crippen molar-refractivity contribution in [3.05, 3.63) is 18.4 Å². The Kier molecular flexibility index (Phi) is 5.46. The van der Waals surface area contributed by atoms with Gasteiger partial charge in [-0.05, 0) is 39.2 Å². The van der Waals surface area contributed by atoms with Gasteiger partial charge in [0.05, 0.1) is 0 Å². The summed E-state index contributed by atoms with van der Waals surface area (Å²) in [5, 5.41) is 6.16. The smallest absolute Gasteiger partial charge is 0.247 e. The molecule has 1 saturated heterocycles. The predicted octanol–water partition coefficient (Wildman–Crippen LogP) is 1.52. The number of carbonyl (C=O) groups is 1. The molecule has 0 spiro atoms. The number of hydrogen-bond donors (Lipinski definition) is 2. The zero-order valence-corrected chi connectivity index (χ0v) is 14.9. The number of aromatic nitrogens is 1. The van der Waals surface area contributed by atoms with Crippen LogP contribution < -0.4 is 10.0 Å². The second-order valence-corrected chi connectivity index (χ2v) is 8.59. The maximum Gasteiger partial charge on any atom is 0.247 e. The van der Waals surface area contributed by atoms with Gasteiger partial charge in [0.2, 0.25) is 15.9 Å². The van der Waals surface area contributed by atoms with Gasteiger partial charge in [0.25, 0.3) is 0 Å². The number of ether oxygens (including phenoxy) is 1. The highest BCUT2D eigenvalue weighted by Crippen LogP contribution is 2.22. The number of anilines is 1. The fourth-order valence-corrected chi connectivity index (χ4v) is 3.37. The molecule has 9 heteroatoms. The fourth-order valence-electron chi connectivity index (χ4n) is 2.11. The lowest BCUT2D eigenvalue weighted by molar-refractivity contribution is -0.117. The minimum atomic E-state index is -3.88. The maximum absolute atomic E-state index is 12.6. The topological polar surface area (TPSA) is 111 Å². The van der Waals surface area contributed by atoms with E-state index in [1.165, 1.54) is 19.9 Å². The molecule has 0 saturated carbocycles. The van der Waals surface area contributed by atoms with Gasteiger partial charge in [-0.3, -0.25) is 4.79 Å². The van der Waals surface area contributed by atoms with Gasteiger partial charge in [0, 0.05) is 25.3 Å². The number of carbonyl (C=O) groups excluding carboxylic acids is 1. The highest BCUT2D eigenvalue weighted by atomic mass is 32.2. The quantitative estimate of drug-likeness (QED) is 0.799. The molecule has 1 amide bonds. The molecular formula is C15H23N3O5S. The van der Waals surface area contributed by atoms with Crippen LogP contribution in [0.1, 0.15) is 39.4 Å². The second kappa shape index (κ2) is 7.04. The Labute approximate surface area is 141 Å². The average Bonchev–Trinajstić information content (AvgIpc) is 2.96. The lowest BCUT2D eigenvalue weighted by Crippen LogP contribution is -2.53. The lowest BCUT2D eigenvalue weighted by Gasteiger charge is -2.29. The van der Waals surface area contributed by atoms with Crippen LogP contribution in [-0.2, 0) is 19.6 Å². The summed E-state index contributed by atoms with van der Waals surface area (Å²) in [6.45, 7) is 9.15. The van der Waals surface area contributed by atoms with Gasteiger partial charge in [0.1, 0.15) is 0 Å². The Morgan fingerprint density at radius 1 is 1.38 bits per heavy atom. The number of sulfonamides is 1. The van der Waals surface area contributed by atoms with Crippen molar-refractivity contribution in [3.8, 4) is 0 Å². The van der Waals surface area contributed by atoms with Crippen LogP contribution in [0.15, 0.2) is 17.2 Å². The summed E-state index contributed by atoms with van der Waals surface area (Å²) >= 11 is 0. The summed E-state index contributed by atoms with van der Waals surface area (Å²) in [4.78, 5) is 12.4. The molecule has 1 aliphatic rings. The van der Waals surface area contributed by atoms with Crippen molar-refractivity contribution in [3.63, 3.8) is 0 Å². The lowest BCUT2D eigenvalue weighted by atomic mass is 10.1. The third kappa shape index (κ3) is 4.03. The molecular weight excluding hydrogens is 334 g/mol. The van der Waals surface area contributed by atoms with Crippen LogP contribution in [0.4, 0.5) is 5.82 Å². The van der Waals surface area contributed by atoms with Crippen molar-refractivity contribution in [1.82, 2.24) is 9.88 Å². The zero-order valence-electron chi connectivity index (χ0n) is 14.1. The fraction of sp³-hybridized carbons (Fsp3) is 0.600. The van der Waals surface area contributed by atoms with Crippen LogP contribution in [0.5, 0.6) is 0 Å². The summed E-state index contributed by atoms with van der Waals surface area (Å²) in [5.41, 5.74) is 0.649. The van der Waals surface area contributed by atoms with Gasteiger partial charge in [-0.25, -0.2) is 13.1 Å². The highest BCUT2D eigenvalue weighted by molar-refractivity contribution is 7.91. The molecule has 1 aromatic heterocycles. The molecule has 8 nitrogen and oxygen atoms in total. The van der Waals surface area contributed by atoms with E-state index >= 15 is 0 Å². The van der Waals surface area contributed by atoms with Crippen LogP contribution in [-0.4, -0.2) is 43.5 Å². The molecule has 24 heavy (non-hydrogen) atoms. The molecule has 0 atom stereocenters. The van der Waals surface area contributed by atoms with Crippen LogP contribution >= 0.6 is 0 Å². The largest absolute Gasteiger partial charge is 0.381 e. The Morgan fingerprint density at radius 3 is 2.54 bits per heavy atom. The van der Waals surface area contributed by atoms with E-state index in [0.29, 0.717) is 37.4 Å². The molecule has 2 rings (SSSR count). The third-order valence-electron chi connectivity index (χ3n) is 3.93. The van der Waals surface area contributed by atoms with Gasteiger partial charge in [-0.15, -0.1) is 0 Å². The minimum Gasteiger partial charge on any atom is -0.381 e. The van der Waals surface area contributed by atoms with E-state index in [1.54, 1.807) is 6.92 Å². The summed E-state index contributed by atoms with van der Waals surface area (Å²) in [7, 11) is -3.88. The number of allylic oxidation sites excluding steroid dienone is 1. The van der Waals surface area contributed by atoms with E-state index in [1.807, 2.05) is 0 Å². The normalized spacial score (nSPS) is 16.8. The molecule has 1 aliphatic heterocycles. The third-order valence-corrected chi connectivity index (χ3v) is 6.11. The van der Waals surface area contributed by atoms with Gasteiger partial charge >= 0.3 is 0 Å².